The SMILES string of the molecule is C[C@@H]1CCCN1CCc1ccc2cc(N3CCSCC3)ccc2c1. The van der Waals surface area contributed by atoms with Gasteiger partial charge in [0.1, 0.15) is 0 Å². The normalized spacial score (nSPS) is 22.4. The van der Waals surface area contributed by atoms with Gasteiger partial charge < -0.3 is 9.80 Å². The minimum atomic E-state index is 0.774. The zero-order chi connectivity index (χ0) is 16.4. The quantitative estimate of drug-likeness (QED) is 0.813. The maximum Gasteiger partial charge on any atom is 0.0373 e. The number of fused-ring (bicyclic) bond motifs is 1. The van der Waals surface area contributed by atoms with E-state index in [0.717, 1.165) is 6.04 Å². The number of benzene rings is 2. The summed E-state index contributed by atoms with van der Waals surface area (Å²) in [6, 6.07) is 14.8. The van der Waals surface area contributed by atoms with Gasteiger partial charge in [-0.1, -0.05) is 24.3 Å². The molecule has 2 fully saturated rings. The van der Waals surface area contributed by atoms with E-state index in [1.165, 1.54) is 79.0 Å². The van der Waals surface area contributed by atoms with Crippen molar-refractivity contribution >= 4 is 28.2 Å². The van der Waals surface area contributed by atoms with Crippen molar-refractivity contribution in [2.24, 2.45) is 0 Å². The van der Waals surface area contributed by atoms with Crippen LogP contribution in [-0.4, -0.2) is 48.6 Å². The minimum absolute atomic E-state index is 0.774. The first-order valence-corrected chi connectivity index (χ1v) is 10.5. The molecule has 128 valence electrons. The van der Waals surface area contributed by atoms with Gasteiger partial charge in [0.25, 0.3) is 0 Å². The summed E-state index contributed by atoms with van der Waals surface area (Å²) in [7, 11) is 0. The van der Waals surface area contributed by atoms with Crippen molar-refractivity contribution in [3.05, 3.63) is 42.0 Å². The first-order valence-electron chi connectivity index (χ1n) is 9.39. The fourth-order valence-electron chi connectivity index (χ4n) is 4.05. The third-order valence-electron chi connectivity index (χ3n) is 5.64. The van der Waals surface area contributed by atoms with Crippen molar-refractivity contribution in [2.45, 2.75) is 32.2 Å². The third-order valence-corrected chi connectivity index (χ3v) is 6.59. The van der Waals surface area contributed by atoms with E-state index in [9.17, 15) is 0 Å². The van der Waals surface area contributed by atoms with Gasteiger partial charge in [-0.15, -0.1) is 0 Å². The summed E-state index contributed by atoms with van der Waals surface area (Å²) in [5, 5.41) is 2.76. The molecule has 0 unspecified atom stereocenters. The number of nitrogens with zero attached hydrogens (tertiary/aromatic N) is 2. The molecule has 2 aromatic carbocycles. The summed E-state index contributed by atoms with van der Waals surface area (Å²) in [5.41, 5.74) is 2.87. The third kappa shape index (κ3) is 3.57. The number of likely N-dealkylation sites (tertiary alicyclic amines) is 1. The molecule has 0 aliphatic carbocycles. The molecule has 0 spiro atoms. The van der Waals surface area contributed by atoms with Gasteiger partial charge in [-0.25, -0.2) is 0 Å². The van der Waals surface area contributed by atoms with E-state index in [-0.39, 0.29) is 0 Å². The predicted octanol–water partition coefficient (Wildman–Crippen LogP) is 4.42. The Morgan fingerprint density at radius 2 is 1.79 bits per heavy atom. The molecule has 1 atom stereocenters. The average Bonchev–Trinajstić information content (AvgIpc) is 3.05. The van der Waals surface area contributed by atoms with Gasteiger partial charge in [0, 0.05) is 42.9 Å². The molecule has 0 radical (unpaired) electrons. The predicted molar refractivity (Wildman–Crippen MR) is 107 cm³/mol. The zero-order valence-corrected chi connectivity index (χ0v) is 15.5. The Balaban J connectivity index is 1.47. The molecular formula is C21H28N2S. The Morgan fingerprint density at radius 3 is 2.58 bits per heavy atom. The molecule has 4 rings (SSSR count). The minimum Gasteiger partial charge on any atom is -0.370 e. The Morgan fingerprint density at radius 1 is 1.00 bits per heavy atom. The van der Waals surface area contributed by atoms with Gasteiger partial charge in [-0.2, -0.15) is 11.8 Å². The number of anilines is 1. The van der Waals surface area contributed by atoms with E-state index < -0.39 is 0 Å². The highest BCUT2D eigenvalue weighted by molar-refractivity contribution is 7.99. The monoisotopic (exact) mass is 340 g/mol. The van der Waals surface area contributed by atoms with E-state index in [0.29, 0.717) is 0 Å². The highest BCUT2D eigenvalue weighted by Gasteiger charge is 2.19. The first kappa shape index (κ1) is 16.3. The molecule has 0 amide bonds. The summed E-state index contributed by atoms with van der Waals surface area (Å²) in [5.74, 6) is 2.51. The lowest BCUT2D eigenvalue weighted by molar-refractivity contribution is 0.272. The van der Waals surface area contributed by atoms with Crippen LogP contribution in [0.15, 0.2) is 36.4 Å². The van der Waals surface area contributed by atoms with E-state index in [1.807, 2.05) is 0 Å². The molecule has 2 nitrogen and oxygen atoms in total. The van der Waals surface area contributed by atoms with Gasteiger partial charge in [0.2, 0.25) is 0 Å². The number of rotatable bonds is 4. The lowest BCUT2D eigenvalue weighted by atomic mass is 10.0. The van der Waals surface area contributed by atoms with Crippen LogP contribution in [0.25, 0.3) is 10.8 Å². The van der Waals surface area contributed by atoms with Crippen LogP contribution in [0.1, 0.15) is 25.3 Å². The molecule has 2 aliphatic heterocycles. The van der Waals surface area contributed by atoms with Crippen LogP contribution in [0, 0.1) is 0 Å². The highest BCUT2D eigenvalue weighted by Crippen LogP contribution is 2.26. The van der Waals surface area contributed by atoms with Crippen LogP contribution in [0.2, 0.25) is 0 Å². The summed E-state index contributed by atoms with van der Waals surface area (Å²) < 4.78 is 0. The lowest BCUT2D eigenvalue weighted by Crippen LogP contribution is -2.32. The molecule has 0 bridgehead atoms. The number of hydrogen-bond donors (Lipinski definition) is 0. The Bertz CT molecular complexity index is 693. The van der Waals surface area contributed by atoms with Crippen molar-refractivity contribution in [1.29, 1.82) is 0 Å². The molecule has 24 heavy (non-hydrogen) atoms. The number of thioether (sulfide) groups is 1. The summed E-state index contributed by atoms with van der Waals surface area (Å²) >= 11 is 2.07. The van der Waals surface area contributed by atoms with Gasteiger partial charge >= 0.3 is 0 Å². The topological polar surface area (TPSA) is 6.48 Å². The van der Waals surface area contributed by atoms with Gasteiger partial charge in [0.05, 0.1) is 0 Å². The van der Waals surface area contributed by atoms with Crippen LogP contribution in [-0.2, 0) is 6.42 Å². The van der Waals surface area contributed by atoms with Gasteiger partial charge in [0.15, 0.2) is 0 Å². The molecular weight excluding hydrogens is 312 g/mol. The van der Waals surface area contributed by atoms with Crippen molar-refractivity contribution in [1.82, 2.24) is 4.90 Å². The zero-order valence-electron chi connectivity index (χ0n) is 14.7. The average molecular weight is 341 g/mol. The van der Waals surface area contributed by atoms with E-state index in [2.05, 4.69) is 64.9 Å². The second-order valence-electron chi connectivity index (χ2n) is 7.24. The van der Waals surface area contributed by atoms with Crippen molar-refractivity contribution in [3.8, 4) is 0 Å². The van der Waals surface area contributed by atoms with Gasteiger partial charge in [-0.05, 0) is 61.2 Å². The van der Waals surface area contributed by atoms with Crippen LogP contribution in [0.3, 0.4) is 0 Å². The Labute approximate surface area is 150 Å². The van der Waals surface area contributed by atoms with Crippen molar-refractivity contribution in [2.75, 3.05) is 42.6 Å². The molecule has 2 aliphatic rings. The van der Waals surface area contributed by atoms with E-state index in [1.54, 1.807) is 0 Å². The van der Waals surface area contributed by atoms with E-state index >= 15 is 0 Å². The first-order chi connectivity index (χ1) is 11.8. The maximum atomic E-state index is 2.64. The number of hydrogen-bond acceptors (Lipinski definition) is 3. The molecule has 0 aromatic heterocycles. The fraction of sp³-hybridized carbons (Fsp3) is 0.524. The second-order valence-corrected chi connectivity index (χ2v) is 8.47. The molecule has 0 saturated carbocycles. The van der Waals surface area contributed by atoms with Crippen molar-refractivity contribution in [3.63, 3.8) is 0 Å². The standard InChI is InChI=1S/C21H28N2S/c1-17-3-2-9-22(17)10-8-18-4-5-20-16-21(7-6-19(20)15-18)23-11-13-24-14-12-23/h4-7,15-17H,2-3,8-14H2,1H3/t17-/m1/s1. The smallest absolute Gasteiger partial charge is 0.0373 e. The summed E-state index contributed by atoms with van der Waals surface area (Å²) in [4.78, 5) is 5.17. The Hall–Kier alpha value is -1.19. The maximum absolute atomic E-state index is 2.64. The molecule has 2 aromatic rings. The second kappa shape index (κ2) is 7.37. The molecule has 0 N–H and O–H groups in total. The Kier molecular flexibility index (Phi) is 5.00. The van der Waals surface area contributed by atoms with E-state index in [4.69, 9.17) is 0 Å². The van der Waals surface area contributed by atoms with Crippen LogP contribution < -0.4 is 4.90 Å². The summed E-state index contributed by atoms with van der Waals surface area (Å²) in [6.07, 6.45) is 3.91. The highest BCUT2D eigenvalue weighted by atomic mass is 32.2. The molecule has 2 heterocycles. The molecule has 3 heteroatoms. The van der Waals surface area contributed by atoms with Crippen LogP contribution in [0.5, 0.6) is 0 Å². The van der Waals surface area contributed by atoms with Crippen LogP contribution >= 0.6 is 11.8 Å². The lowest BCUT2D eigenvalue weighted by Gasteiger charge is -2.28. The van der Waals surface area contributed by atoms with Crippen molar-refractivity contribution < 1.29 is 0 Å². The van der Waals surface area contributed by atoms with Crippen LogP contribution in [0.4, 0.5) is 5.69 Å². The summed E-state index contributed by atoms with van der Waals surface area (Å²) in [6.45, 7) is 7.22. The largest absolute Gasteiger partial charge is 0.370 e. The molecule has 2 saturated heterocycles. The fourth-order valence-corrected chi connectivity index (χ4v) is 4.96. The van der Waals surface area contributed by atoms with Gasteiger partial charge in [-0.3, -0.25) is 0 Å².